The molecule has 0 bridgehead atoms. The monoisotopic (exact) mass is 205 g/mol. The average Bonchev–Trinajstić information content (AvgIpc) is 2.16. The minimum Gasteiger partial charge on any atom is -0.366 e. The highest BCUT2D eigenvalue weighted by molar-refractivity contribution is 5.94. The molecule has 1 aromatic carbocycles. The van der Waals surface area contributed by atoms with Gasteiger partial charge in [-0.05, 0) is 29.0 Å². The van der Waals surface area contributed by atoms with E-state index in [1.165, 1.54) is 0 Å². The van der Waals surface area contributed by atoms with E-state index in [9.17, 15) is 4.79 Å². The van der Waals surface area contributed by atoms with Gasteiger partial charge in [0.2, 0.25) is 5.91 Å². The van der Waals surface area contributed by atoms with Gasteiger partial charge in [-0.1, -0.05) is 39.8 Å². The number of carbonyl (C=O) groups excluding carboxylic acids is 1. The van der Waals surface area contributed by atoms with E-state index in [0.717, 1.165) is 11.1 Å². The van der Waals surface area contributed by atoms with Crippen molar-refractivity contribution in [2.45, 2.75) is 39.5 Å². The Kier molecular flexibility index (Phi) is 3.51. The van der Waals surface area contributed by atoms with Gasteiger partial charge >= 0.3 is 0 Å². The lowest BCUT2D eigenvalue weighted by Gasteiger charge is -2.13. The topological polar surface area (TPSA) is 43.1 Å². The predicted molar refractivity (Wildman–Crippen MR) is 63.1 cm³/mol. The van der Waals surface area contributed by atoms with Crippen LogP contribution in [0.3, 0.4) is 0 Å². The molecule has 1 rings (SSSR count). The van der Waals surface area contributed by atoms with Gasteiger partial charge in [-0.15, -0.1) is 0 Å². The van der Waals surface area contributed by atoms with Crippen molar-refractivity contribution >= 4 is 5.91 Å². The first-order valence-electron chi connectivity index (χ1n) is 5.37. The number of hydrogen-bond acceptors (Lipinski definition) is 1. The number of primary amides is 1. The molecule has 15 heavy (non-hydrogen) atoms. The molecule has 0 aliphatic heterocycles. The van der Waals surface area contributed by atoms with Gasteiger partial charge in [0.15, 0.2) is 0 Å². The first kappa shape index (κ1) is 11.8. The number of carbonyl (C=O) groups is 1. The van der Waals surface area contributed by atoms with E-state index in [1.54, 1.807) is 0 Å². The van der Waals surface area contributed by atoms with E-state index in [1.807, 2.05) is 12.1 Å². The van der Waals surface area contributed by atoms with Gasteiger partial charge in [0.1, 0.15) is 0 Å². The molecule has 0 fully saturated rings. The minimum absolute atomic E-state index is 0.328. The predicted octanol–water partition coefficient (Wildman–Crippen LogP) is 3.03. The van der Waals surface area contributed by atoms with Crippen molar-refractivity contribution < 1.29 is 4.79 Å². The number of rotatable bonds is 3. The van der Waals surface area contributed by atoms with E-state index in [0.29, 0.717) is 17.4 Å². The zero-order chi connectivity index (χ0) is 11.6. The maximum Gasteiger partial charge on any atom is 0.248 e. The Hall–Kier alpha value is -1.31. The van der Waals surface area contributed by atoms with Crippen LogP contribution in [0.15, 0.2) is 18.2 Å². The third-order valence-electron chi connectivity index (χ3n) is 2.63. The summed E-state index contributed by atoms with van der Waals surface area (Å²) in [6.07, 6.45) is 0. The molecule has 0 aromatic heterocycles. The maximum absolute atomic E-state index is 11.3. The van der Waals surface area contributed by atoms with Crippen molar-refractivity contribution in [2.75, 3.05) is 0 Å². The number of benzene rings is 1. The number of nitrogens with two attached hydrogens (primary N) is 1. The lowest BCUT2D eigenvalue weighted by molar-refractivity contribution is 0.0999. The second kappa shape index (κ2) is 4.47. The molecular formula is C13H19NO. The zero-order valence-corrected chi connectivity index (χ0v) is 9.87. The summed E-state index contributed by atoms with van der Waals surface area (Å²) in [6.45, 7) is 8.35. The first-order chi connectivity index (χ1) is 6.93. The summed E-state index contributed by atoms with van der Waals surface area (Å²) in [5.74, 6) is 0.416. The van der Waals surface area contributed by atoms with Gasteiger partial charge in [-0.3, -0.25) is 4.79 Å². The molecule has 1 aromatic rings. The largest absolute Gasteiger partial charge is 0.366 e. The molecule has 0 atom stereocenters. The van der Waals surface area contributed by atoms with E-state index < -0.39 is 0 Å². The molecular weight excluding hydrogens is 186 g/mol. The second-order valence-electron chi connectivity index (χ2n) is 4.52. The number of hydrogen-bond donors (Lipinski definition) is 1. The summed E-state index contributed by atoms with van der Waals surface area (Å²) < 4.78 is 0. The summed E-state index contributed by atoms with van der Waals surface area (Å²) in [5, 5.41) is 0. The van der Waals surface area contributed by atoms with Crippen LogP contribution in [0.25, 0.3) is 0 Å². The normalized spacial score (nSPS) is 11.1. The fraction of sp³-hybridized carbons (Fsp3) is 0.462. The summed E-state index contributed by atoms with van der Waals surface area (Å²) in [6, 6.07) is 6.01. The highest BCUT2D eigenvalue weighted by Crippen LogP contribution is 2.23. The Morgan fingerprint density at radius 1 is 1.13 bits per heavy atom. The fourth-order valence-corrected chi connectivity index (χ4v) is 1.65. The Balaban J connectivity index is 3.27. The third-order valence-corrected chi connectivity index (χ3v) is 2.63. The van der Waals surface area contributed by atoms with Gasteiger partial charge in [-0.25, -0.2) is 0 Å². The molecule has 2 N–H and O–H groups in total. The molecule has 0 radical (unpaired) electrons. The molecule has 0 heterocycles. The molecule has 0 unspecified atom stereocenters. The van der Waals surface area contributed by atoms with Crippen LogP contribution in [0, 0.1) is 0 Å². The van der Waals surface area contributed by atoms with Gasteiger partial charge in [-0.2, -0.15) is 0 Å². The Morgan fingerprint density at radius 2 is 1.73 bits per heavy atom. The minimum atomic E-state index is -0.332. The van der Waals surface area contributed by atoms with Crippen LogP contribution in [0.1, 0.15) is 61.0 Å². The smallest absolute Gasteiger partial charge is 0.248 e. The third kappa shape index (κ3) is 2.58. The van der Waals surface area contributed by atoms with Crippen LogP contribution < -0.4 is 5.73 Å². The zero-order valence-electron chi connectivity index (χ0n) is 9.87. The van der Waals surface area contributed by atoms with Crippen molar-refractivity contribution in [3.05, 3.63) is 34.9 Å². The summed E-state index contributed by atoms with van der Waals surface area (Å²) in [4.78, 5) is 11.3. The maximum atomic E-state index is 11.3. The van der Waals surface area contributed by atoms with Crippen molar-refractivity contribution in [1.82, 2.24) is 0 Å². The van der Waals surface area contributed by atoms with Gasteiger partial charge in [0.25, 0.3) is 0 Å². The van der Waals surface area contributed by atoms with Crippen molar-refractivity contribution in [3.63, 3.8) is 0 Å². The van der Waals surface area contributed by atoms with Gasteiger partial charge in [0.05, 0.1) is 0 Å². The highest BCUT2D eigenvalue weighted by atomic mass is 16.1. The van der Waals surface area contributed by atoms with Gasteiger partial charge < -0.3 is 5.73 Å². The quantitative estimate of drug-likeness (QED) is 0.809. The van der Waals surface area contributed by atoms with E-state index in [2.05, 4.69) is 33.8 Å². The van der Waals surface area contributed by atoms with Crippen LogP contribution in [-0.4, -0.2) is 5.91 Å². The molecule has 0 aliphatic carbocycles. The molecule has 0 saturated carbocycles. The highest BCUT2D eigenvalue weighted by Gasteiger charge is 2.12. The average molecular weight is 205 g/mol. The van der Waals surface area contributed by atoms with Crippen LogP contribution >= 0.6 is 0 Å². The van der Waals surface area contributed by atoms with Crippen molar-refractivity contribution in [1.29, 1.82) is 0 Å². The molecule has 0 spiro atoms. The SMILES string of the molecule is CC(C)c1ccc(C(C)C)c(C(N)=O)c1. The van der Waals surface area contributed by atoms with Crippen molar-refractivity contribution in [3.8, 4) is 0 Å². The van der Waals surface area contributed by atoms with Gasteiger partial charge in [0, 0.05) is 5.56 Å². The summed E-state index contributed by atoms with van der Waals surface area (Å²) in [7, 11) is 0. The van der Waals surface area contributed by atoms with Crippen LogP contribution in [0.5, 0.6) is 0 Å². The molecule has 0 saturated heterocycles. The molecule has 1 amide bonds. The van der Waals surface area contributed by atoms with Crippen molar-refractivity contribution in [2.24, 2.45) is 5.73 Å². The molecule has 82 valence electrons. The first-order valence-corrected chi connectivity index (χ1v) is 5.37. The van der Waals surface area contributed by atoms with Crippen LogP contribution in [-0.2, 0) is 0 Å². The summed E-state index contributed by atoms with van der Waals surface area (Å²) in [5.41, 5.74) is 8.24. The Labute approximate surface area is 91.5 Å². The summed E-state index contributed by atoms with van der Waals surface area (Å²) >= 11 is 0. The lowest BCUT2D eigenvalue weighted by atomic mass is 9.92. The van der Waals surface area contributed by atoms with E-state index in [-0.39, 0.29) is 5.91 Å². The lowest BCUT2D eigenvalue weighted by Crippen LogP contribution is -2.15. The number of amides is 1. The molecule has 2 heteroatoms. The van der Waals surface area contributed by atoms with E-state index in [4.69, 9.17) is 5.73 Å². The second-order valence-corrected chi connectivity index (χ2v) is 4.52. The molecule has 2 nitrogen and oxygen atoms in total. The Bertz CT molecular complexity index is 367. The van der Waals surface area contributed by atoms with E-state index >= 15 is 0 Å². The van der Waals surface area contributed by atoms with Crippen LogP contribution in [0.2, 0.25) is 0 Å². The van der Waals surface area contributed by atoms with Crippen LogP contribution in [0.4, 0.5) is 0 Å². The fourth-order valence-electron chi connectivity index (χ4n) is 1.65. The standard InChI is InChI=1S/C13H19NO/c1-8(2)10-5-6-11(9(3)4)12(7-10)13(14)15/h5-9H,1-4H3,(H2,14,15). The Morgan fingerprint density at radius 3 is 2.13 bits per heavy atom. The molecule has 0 aliphatic rings.